The predicted molar refractivity (Wildman–Crippen MR) is 505 cm³/mol. The minimum absolute atomic E-state index is 0. The molecule has 0 aromatic heterocycles. The standard InChI is InChI=1S/C26H35N3O5.C21H27N3O3.C19H21BrN2O3.C12H16N2O2.C8H15O2.C7H6Br2O.BF3.ClH.K/c1-26(2,3)34-24(30)27-13-12-21-10-11-22(18-23(21)32-4)28-14-16-29(17-15-28)25(31)33-19-20-8-6-5-7-9-20;1-26-20-15-19(8-7-18(20)9-10-22)23-11-13-24(14-12-23)21(25)27-16-17-5-3-2-4-6-17;1-24-18-13-16(7-8-17(18)20)21-9-11-22(12-10-21)19(23)25-14-15-5-3-2-4-6-15;15-12(14-8-6-13-7-9-14)16-10-11-4-2-1-3-5-11;1-5-6-7(9)10-8(2,3)4;1-10-7-4-5(8)2-3-6(7)9;2-1(3)4;;/h5-11,18H,12-17,19H2,1-4H3,(H,27,30);2-8,15H,9-14,16,22H2,1H3;2-8,13H,9-12,14H2,1H3;1-5,13H,6-10H2;1,5-6H2,2-4H3;2-4H,1H3;;1H;/q;;;;-1;;;;+1. The molecular formula is C93H121BBr3ClF3KN10O16. The molecule has 4 aliphatic rings. The molecule has 4 heterocycles. The summed E-state index contributed by atoms with van der Waals surface area (Å²) in [5.41, 5.74) is 14.1. The van der Waals surface area contributed by atoms with E-state index in [9.17, 15) is 41.7 Å². The quantitative estimate of drug-likeness (QED) is 0.0246. The summed E-state index contributed by atoms with van der Waals surface area (Å²) in [4.78, 5) is 84.9. The zero-order valence-electron chi connectivity index (χ0n) is 75.1. The fourth-order valence-electron chi connectivity index (χ4n) is 12.6. The molecule has 0 unspecified atom stereocenters. The minimum atomic E-state index is -3.67. The zero-order valence-corrected chi connectivity index (χ0v) is 83.8. The fourth-order valence-corrected chi connectivity index (χ4v) is 13.7. The summed E-state index contributed by atoms with van der Waals surface area (Å²) in [5.74, 6) is 3.12. The van der Waals surface area contributed by atoms with Gasteiger partial charge in [0.1, 0.15) is 60.6 Å². The molecule has 0 bridgehead atoms. The number of ether oxygens (including phenoxy) is 10. The Bertz CT molecular complexity index is 4550. The smallest absolute Gasteiger partial charge is 0.496 e. The van der Waals surface area contributed by atoms with Crippen LogP contribution < -0.4 is 101 Å². The molecular weight excluding hydrogens is 1900 g/mol. The number of rotatable bonds is 22. The van der Waals surface area contributed by atoms with Crippen molar-refractivity contribution in [2.24, 2.45) is 5.73 Å². The maximum Gasteiger partial charge on any atom is 1.00 e. The van der Waals surface area contributed by atoms with Gasteiger partial charge in [-0.2, -0.15) is 6.42 Å². The number of hydrogen-bond acceptors (Lipinski definition) is 21. The molecule has 4 fully saturated rings. The summed E-state index contributed by atoms with van der Waals surface area (Å²) in [6, 6.07) is 63.0. The van der Waals surface area contributed by atoms with Crippen LogP contribution in [0.15, 0.2) is 208 Å². The third-order valence-corrected chi connectivity index (χ3v) is 20.8. The van der Waals surface area contributed by atoms with E-state index in [1.807, 2.05) is 211 Å². The number of esters is 1. The molecule has 8 aromatic carbocycles. The Morgan fingerprint density at radius 3 is 1.05 bits per heavy atom. The zero-order chi connectivity index (χ0) is 91.8. The van der Waals surface area contributed by atoms with Crippen molar-refractivity contribution in [2.75, 3.05) is 161 Å². The maximum absolute atomic E-state index is 12.4. The van der Waals surface area contributed by atoms with Crippen molar-refractivity contribution in [3.8, 4) is 23.0 Å². The summed E-state index contributed by atoms with van der Waals surface area (Å²) in [5, 5.41) is 5.97. The fraction of sp³-hybridized carbons (Fsp3) is 0.409. The Hall–Kier alpha value is -8.68. The Morgan fingerprint density at radius 1 is 0.430 bits per heavy atom. The Morgan fingerprint density at radius 2 is 0.734 bits per heavy atom. The topological polar surface area (TPSA) is 267 Å². The van der Waals surface area contributed by atoms with Gasteiger partial charge in [-0.3, -0.25) is 17.7 Å². The van der Waals surface area contributed by atoms with Crippen molar-refractivity contribution in [1.29, 1.82) is 0 Å². The van der Waals surface area contributed by atoms with Crippen LogP contribution in [0.5, 0.6) is 23.0 Å². The number of carbonyl (C=O) groups is 6. The molecule has 4 aliphatic heterocycles. The molecule has 0 spiro atoms. The number of piperazine rings is 4. The number of alkyl carbamates (subject to hydrolysis) is 1. The first-order valence-electron chi connectivity index (χ1n) is 41.5. The van der Waals surface area contributed by atoms with Crippen molar-refractivity contribution in [3.05, 3.63) is 248 Å². The number of methoxy groups -OCH3 is 4. The number of hydrogen-bond donors (Lipinski definition) is 3. The van der Waals surface area contributed by atoms with E-state index in [0.29, 0.717) is 105 Å². The van der Waals surface area contributed by atoms with E-state index in [1.54, 1.807) is 48.0 Å². The largest absolute Gasteiger partial charge is 1.00 e. The van der Waals surface area contributed by atoms with E-state index in [-0.39, 0.29) is 106 Å². The molecule has 4 N–H and O–H groups in total. The normalized spacial score (nSPS) is 13.3. The van der Waals surface area contributed by atoms with Crippen molar-refractivity contribution in [1.82, 2.24) is 30.2 Å². The molecule has 0 aliphatic carbocycles. The van der Waals surface area contributed by atoms with Crippen LogP contribution in [0.4, 0.5) is 54.0 Å². The van der Waals surface area contributed by atoms with Gasteiger partial charge in [0.2, 0.25) is 0 Å². The van der Waals surface area contributed by atoms with Crippen LogP contribution in [0.3, 0.4) is 0 Å². The van der Waals surface area contributed by atoms with Crippen LogP contribution in [0.2, 0.25) is 0 Å². The second kappa shape index (κ2) is 61.1. The SMILES string of the molecule is COc1cc(Br)ccc1Br.COc1cc(N2CCN(C(=O)OCc3ccccc3)CC2)ccc1Br.COc1cc(N2CCN(C(=O)OCc3ccccc3)CC2)ccc1CCN.COc1cc(N2CCN(C(=O)OCc3ccccc3)CC2)ccc1CCNC(=O)OC(C)(C)C.Cl.FB(F)F.O=C(OCc1ccccc1)N1CCNCC1.[CH2-]CCC(=O)OC(C)(C)C.[K+]. The van der Waals surface area contributed by atoms with Gasteiger partial charge in [0.05, 0.1) is 37.4 Å². The number of nitrogens with one attached hydrogen (secondary N) is 2. The average molecular weight is 2020 g/mol. The third kappa shape index (κ3) is 43.4. The number of nitrogens with two attached hydrogens (primary N) is 1. The van der Waals surface area contributed by atoms with E-state index in [4.69, 9.17) is 53.1 Å². The minimum Gasteiger partial charge on any atom is -0.496 e. The molecule has 0 radical (unpaired) electrons. The Balaban J connectivity index is 0.000000333. The van der Waals surface area contributed by atoms with Gasteiger partial charge < -0.3 is 105 Å². The third-order valence-electron chi connectivity index (χ3n) is 19.0. The molecule has 128 heavy (non-hydrogen) atoms. The van der Waals surface area contributed by atoms with Gasteiger partial charge in [0.15, 0.2) is 0 Å². The van der Waals surface area contributed by atoms with Crippen LogP contribution in [0, 0.1) is 6.92 Å². The van der Waals surface area contributed by atoms with E-state index in [2.05, 4.69) is 104 Å². The van der Waals surface area contributed by atoms with Gasteiger partial charge in [-0.05, 0) is 169 Å². The monoisotopic (exact) mass is 2010 g/mol. The van der Waals surface area contributed by atoms with Crippen molar-refractivity contribution < 1.29 is 140 Å². The van der Waals surface area contributed by atoms with Crippen LogP contribution in [-0.4, -0.2) is 221 Å². The molecule has 0 saturated carbocycles. The number of anilines is 3. The summed E-state index contributed by atoms with van der Waals surface area (Å²) < 4.78 is 85.2. The Kier molecular flexibility index (Phi) is 53.3. The number of nitrogens with zero attached hydrogens (tertiary/aromatic N) is 7. The number of benzene rings is 8. The second-order valence-corrected chi connectivity index (χ2v) is 33.2. The molecule has 35 heteroatoms. The summed E-state index contributed by atoms with van der Waals surface area (Å²) >= 11 is 10.1. The molecule has 4 saturated heterocycles. The van der Waals surface area contributed by atoms with Gasteiger partial charge in [0, 0.05) is 157 Å². The van der Waals surface area contributed by atoms with E-state index in [0.717, 1.165) is 146 Å². The van der Waals surface area contributed by atoms with Crippen molar-refractivity contribution in [2.45, 2.75) is 105 Å². The summed E-state index contributed by atoms with van der Waals surface area (Å²) in [7, 11) is 2.96. The molecule has 26 nitrogen and oxygen atoms in total. The van der Waals surface area contributed by atoms with Crippen LogP contribution in [-0.2, 0) is 72.5 Å². The molecule has 8 aromatic rings. The predicted octanol–water partition coefficient (Wildman–Crippen LogP) is 15.5. The van der Waals surface area contributed by atoms with Crippen molar-refractivity contribution >= 4 is 121 Å². The molecule has 12 rings (SSSR count). The van der Waals surface area contributed by atoms with Gasteiger partial charge in [-0.25, -0.2) is 24.0 Å². The second-order valence-electron chi connectivity index (χ2n) is 30.6. The average Bonchev–Trinajstić information content (AvgIpc) is 0.835. The van der Waals surface area contributed by atoms with Crippen LogP contribution in [0.1, 0.15) is 87.8 Å². The molecule has 5 amide bonds. The van der Waals surface area contributed by atoms with Gasteiger partial charge in [-0.15, -0.1) is 12.4 Å². The van der Waals surface area contributed by atoms with Gasteiger partial charge >= 0.3 is 95.4 Å². The van der Waals surface area contributed by atoms with E-state index >= 15 is 0 Å². The first-order chi connectivity index (χ1) is 60.4. The first kappa shape index (κ1) is 112. The molecule has 692 valence electrons. The van der Waals surface area contributed by atoms with Crippen LogP contribution >= 0.6 is 60.2 Å². The van der Waals surface area contributed by atoms with Gasteiger partial charge in [-0.1, -0.05) is 149 Å². The summed E-state index contributed by atoms with van der Waals surface area (Å²) in [6.45, 7) is 28.3. The summed E-state index contributed by atoms with van der Waals surface area (Å²) in [6.07, 6.45) is 1.01. The Labute approximate surface area is 826 Å². The first-order valence-corrected chi connectivity index (χ1v) is 43.8. The van der Waals surface area contributed by atoms with Gasteiger partial charge in [0.25, 0.3) is 0 Å². The molecule has 0 atom stereocenters. The van der Waals surface area contributed by atoms with Crippen LogP contribution in [0.25, 0.3) is 0 Å². The number of amides is 5. The van der Waals surface area contributed by atoms with E-state index in [1.165, 1.54) is 0 Å². The number of carbonyl (C=O) groups excluding carboxylic acids is 6. The number of halogens is 7. The van der Waals surface area contributed by atoms with E-state index < -0.39 is 19.2 Å². The maximum atomic E-state index is 12.4. The van der Waals surface area contributed by atoms with Crippen molar-refractivity contribution in [3.63, 3.8) is 0 Å².